The molecule has 6 heteroatoms. The number of hydrogen-bond donors (Lipinski definition) is 1. The van der Waals surface area contributed by atoms with Crippen molar-refractivity contribution < 1.29 is 8.42 Å². The lowest BCUT2D eigenvalue weighted by Gasteiger charge is -2.40. The maximum Gasteiger partial charge on any atom is 0.252 e. The number of piperazine rings is 1. The van der Waals surface area contributed by atoms with Crippen LogP contribution in [0.4, 0.5) is 0 Å². The van der Waals surface area contributed by atoms with Gasteiger partial charge < -0.3 is 5.32 Å². The largest absolute Gasteiger partial charge is 0.305 e. The average molecular weight is 286 g/mol. The number of rotatable bonds is 4. The molecule has 0 saturated carbocycles. The van der Waals surface area contributed by atoms with Crippen LogP contribution in [0.2, 0.25) is 0 Å². The monoisotopic (exact) mass is 286 g/mol. The zero-order valence-corrected chi connectivity index (χ0v) is 12.1. The molecule has 0 amide bonds. The first-order valence-electron chi connectivity index (χ1n) is 5.96. The van der Waals surface area contributed by atoms with Crippen molar-refractivity contribution in [2.24, 2.45) is 0 Å². The first kappa shape index (κ1) is 13.7. The lowest BCUT2D eigenvalue weighted by Crippen LogP contribution is -2.60. The van der Waals surface area contributed by atoms with Gasteiger partial charge in [-0.3, -0.25) is 0 Å². The number of nitrogens with one attached hydrogen (secondary N) is 1. The van der Waals surface area contributed by atoms with E-state index in [0.717, 1.165) is 6.42 Å². The van der Waals surface area contributed by atoms with E-state index in [-0.39, 0.29) is 5.54 Å². The summed E-state index contributed by atoms with van der Waals surface area (Å²) >= 11 is 1.26. The van der Waals surface area contributed by atoms with Crippen LogP contribution in [0, 0.1) is 0 Å². The van der Waals surface area contributed by atoms with Crippen LogP contribution in [0.5, 0.6) is 0 Å². The van der Waals surface area contributed by atoms with E-state index in [1.807, 2.05) is 13.0 Å². The standard InChI is InChI=1S/C12H18N2O2S2/c1-3-12(4-2)10-14(8-7-13-12)18(15,16)11-6-5-9-17-11/h3,5-6,9,13H,1,4,7-8,10H2,2H3. The maximum atomic E-state index is 12.4. The normalized spacial score (nSPS) is 26.1. The molecule has 1 saturated heterocycles. The third kappa shape index (κ3) is 2.38. The van der Waals surface area contributed by atoms with Crippen molar-refractivity contribution >= 4 is 21.4 Å². The van der Waals surface area contributed by atoms with Crippen LogP contribution in [-0.2, 0) is 10.0 Å². The fourth-order valence-corrected chi connectivity index (χ4v) is 4.79. The van der Waals surface area contributed by atoms with E-state index in [2.05, 4.69) is 11.9 Å². The predicted molar refractivity (Wildman–Crippen MR) is 74.3 cm³/mol. The molecule has 1 unspecified atom stereocenters. The Bertz CT molecular complexity index is 510. The minimum absolute atomic E-state index is 0.303. The average Bonchev–Trinajstić information content (AvgIpc) is 2.93. The van der Waals surface area contributed by atoms with Crippen molar-refractivity contribution in [3.05, 3.63) is 30.2 Å². The van der Waals surface area contributed by atoms with E-state index in [1.54, 1.807) is 21.8 Å². The molecule has 0 spiro atoms. The van der Waals surface area contributed by atoms with Gasteiger partial charge in [-0.05, 0) is 17.9 Å². The molecule has 1 aliphatic heterocycles. The van der Waals surface area contributed by atoms with Gasteiger partial charge in [0.15, 0.2) is 0 Å². The molecular formula is C12H18N2O2S2. The van der Waals surface area contributed by atoms with Crippen LogP contribution >= 0.6 is 11.3 Å². The Morgan fingerprint density at radius 2 is 2.44 bits per heavy atom. The molecule has 1 aliphatic rings. The second kappa shape index (κ2) is 5.13. The molecule has 18 heavy (non-hydrogen) atoms. The molecule has 0 aromatic carbocycles. The SMILES string of the molecule is C=CC1(CC)CN(S(=O)(=O)c2cccs2)CCN1. The van der Waals surface area contributed by atoms with E-state index >= 15 is 0 Å². The van der Waals surface area contributed by atoms with E-state index in [9.17, 15) is 8.42 Å². The molecule has 1 atom stereocenters. The molecule has 0 bridgehead atoms. The summed E-state index contributed by atoms with van der Waals surface area (Å²) in [5, 5.41) is 5.15. The topological polar surface area (TPSA) is 49.4 Å². The highest BCUT2D eigenvalue weighted by Gasteiger charge is 2.37. The first-order valence-corrected chi connectivity index (χ1v) is 8.28. The molecule has 1 N–H and O–H groups in total. The highest BCUT2D eigenvalue weighted by molar-refractivity contribution is 7.91. The molecule has 1 fully saturated rings. The van der Waals surface area contributed by atoms with Gasteiger partial charge in [0.25, 0.3) is 10.0 Å². The fraction of sp³-hybridized carbons (Fsp3) is 0.500. The van der Waals surface area contributed by atoms with Crippen LogP contribution in [0.1, 0.15) is 13.3 Å². The third-order valence-corrected chi connectivity index (χ3v) is 6.63. The number of sulfonamides is 1. The van der Waals surface area contributed by atoms with Gasteiger partial charge in [0.1, 0.15) is 4.21 Å². The number of nitrogens with zero attached hydrogens (tertiary/aromatic N) is 1. The highest BCUT2D eigenvalue weighted by atomic mass is 32.2. The Hall–Kier alpha value is -0.690. The van der Waals surface area contributed by atoms with Gasteiger partial charge in [-0.25, -0.2) is 8.42 Å². The molecule has 0 aliphatic carbocycles. The molecule has 2 rings (SSSR count). The maximum absolute atomic E-state index is 12.4. The van der Waals surface area contributed by atoms with Crippen molar-refractivity contribution in [3.63, 3.8) is 0 Å². The second-order valence-electron chi connectivity index (χ2n) is 4.41. The summed E-state index contributed by atoms with van der Waals surface area (Å²) in [7, 11) is -3.35. The smallest absolute Gasteiger partial charge is 0.252 e. The fourth-order valence-electron chi connectivity index (χ4n) is 2.14. The summed E-state index contributed by atoms with van der Waals surface area (Å²) in [5.74, 6) is 0. The molecule has 1 aromatic rings. The number of hydrogen-bond acceptors (Lipinski definition) is 4. The molecule has 4 nitrogen and oxygen atoms in total. The molecule has 100 valence electrons. The minimum Gasteiger partial charge on any atom is -0.305 e. The van der Waals surface area contributed by atoms with Gasteiger partial charge in [-0.15, -0.1) is 17.9 Å². The van der Waals surface area contributed by atoms with Crippen LogP contribution in [0.25, 0.3) is 0 Å². The van der Waals surface area contributed by atoms with Crippen molar-refractivity contribution in [2.75, 3.05) is 19.6 Å². The van der Waals surface area contributed by atoms with Gasteiger partial charge in [0.05, 0.1) is 0 Å². The van der Waals surface area contributed by atoms with Crippen molar-refractivity contribution in [2.45, 2.75) is 23.1 Å². The van der Waals surface area contributed by atoms with Crippen LogP contribution in [0.15, 0.2) is 34.4 Å². The summed E-state index contributed by atoms with van der Waals surface area (Å²) in [6.45, 7) is 7.48. The molecule has 1 aromatic heterocycles. The lowest BCUT2D eigenvalue weighted by molar-refractivity contribution is 0.237. The van der Waals surface area contributed by atoms with E-state index in [1.165, 1.54) is 11.3 Å². The lowest BCUT2D eigenvalue weighted by atomic mass is 9.94. The van der Waals surface area contributed by atoms with Gasteiger partial charge in [0.2, 0.25) is 0 Å². The Morgan fingerprint density at radius 1 is 1.67 bits per heavy atom. The van der Waals surface area contributed by atoms with Crippen LogP contribution < -0.4 is 5.32 Å². The van der Waals surface area contributed by atoms with Gasteiger partial charge >= 0.3 is 0 Å². The summed E-state index contributed by atoms with van der Waals surface area (Å²) in [4.78, 5) is 0. The van der Waals surface area contributed by atoms with Crippen molar-refractivity contribution in [3.8, 4) is 0 Å². The molecular weight excluding hydrogens is 268 g/mol. The van der Waals surface area contributed by atoms with E-state index in [0.29, 0.717) is 23.8 Å². The Morgan fingerprint density at radius 3 is 3.00 bits per heavy atom. The highest BCUT2D eigenvalue weighted by Crippen LogP contribution is 2.25. The van der Waals surface area contributed by atoms with Gasteiger partial charge in [0, 0.05) is 25.2 Å². The summed E-state index contributed by atoms with van der Waals surface area (Å²) in [6, 6.07) is 3.42. The zero-order valence-electron chi connectivity index (χ0n) is 10.4. The zero-order chi connectivity index (χ0) is 13.2. The summed E-state index contributed by atoms with van der Waals surface area (Å²) in [6.07, 6.45) is 2.65. The van der Waals surface area contributed by atoms with E-state index in [4.69, 9.17) is 0 Å². The Balaban J connectivity index is 2.27. The van der Waals surface area contributed by atoms with Crippen molar-refractivity contribution in [1.29, 1.82) is 0 Å². The first-order chi connectivity index (χ1) is 8.54. The van der Waals surface area contributed by atoms with Crippen LogP contribution in [0.3, 0.4) is 0 Å². The Labute approximate surface area is 112 Å². The predicted octanol–water partition coefficient (Wildman–Crippen LogP) is 1.68. The van der Waals surface area contributed by atoms with Crippen LogP contribution in [-0.4, -0.2) is 37.9 Å². The number of thiophene rings is 1. The summed E-state index contributed by atoms with van der Waals surface area (Å²) < 4.78 is 26.9. The Kier molecular flexibility index (Phi) is 3.91. The third-order valence-electron chi connectivity index (χ3n) is 3.41. The van der Waals surface area contributed by atoms with Gasteiger partial charge in [-0.2, -0.15) is 4.31 Å². The van der Waals surface area contributed by atoms with Gasteiger partial charge in [-0.1, -0.05) is 19.1 Å². The van der Waals surface area contributed by atoms with E-state index < -0.39 is 10.0 Å². The summed E-state index contributed by atoms with van der Waals surface area (Å²) in [5.41, 5.74) is -0.303. The van der Waals surface area contributed by atoms with Crippen molar-refractivity contribution in [1.82, 2.24) is 9.62 Å². The second-order valence-corrected chi connectivity index (χ2v) is 7.52. The minimum atomic E-state index is -3.35. The molecule has 0 radical (unpaired) electrons. The quantitative estimate of drug-likeness (QED) is 0.857. The molecule has 2 heterocycles.